The van der Waals surface area contributed by atoms with E-state index < -0.39 is 6.10 Å². The summed E-state index contributed by atoms with van der Waals surface area (Å²) in [7, 11) is 0. The molecule has 0 aliphatic rings. The van der Waals surface area contributed by atoms with Crippen LogP contribution in [0.2, 0.25) is 0 Å². The lowest BCUT2D eigenvalue weighted by Gasteiger charge is -2.18. The molecule has 0 saturated heterocycles. The van der Waals surface area contributed by atoms with Crippen molar-refractivity contribution in [2.24, 2.45) is 0 Å². The number of esters is 3. The number of allylic oxidation sites excluding steroid dienone is 16. The summed E-state index contributed by atoms with van der Waals surface area (Å²) in [4.78, 5) is 38.3. The van der Waals surface area contributed by atoms with Crippen molar-refractivity contribution in [3.63, 3.8) is 0 Å². The van der Waals surface area contributed by atoms with Crippen molar-refractivity contribution < 1.29 is 28.6 Å². The van der Waals surface area contributed by atoms with E-state index in [0.717, 1.165) is 116 Å². The van der Waals surface area contributed by atoms with Crippen LogP contribution in [0.1, 0.15) is 303 Å². The summed E-state index contributed by atoms with van der Waals surface area (Å²) >= 11 is 0. The van der Waals surface area contributed by atoms with E-state index in [9.17, 15) is 14.4 Å². The molecule has 0 bridgehead atoms. The van der Waals surface area contributed by atoms with Crippen LogP contribution in [0.4, 0.5) is 0 Å². The Hall–Kier alpha value is -3.67. The van der Waals surface area contributed by atoms with Crippen LogP contribution in [0, 0.1) is 0 Å². The molecule has 0 amide bonds. The molecule has 0 aliphatic carbocycles. The summed E-state index contributed by atoms with van der Waals surface area (Å²) < 4.78 is 16.9. The molecule has 0 heterocycles. The maximum atomic E-state index is 12.9. The van der Waals surface area contributed by atoms with Gasteiger partial charge in [-0.15, -0.1) is 0 Å². The van der Waals surface area contributed by atoms with Crippen LogP contribution in [0.5, 0.6) is 0 Å². The zero-order valence-corrected chi connectivity index (χ0v) is 49.3. The van der Waals surface area contributed by atoms with Gasteiger partial charge in [0.1, 0.15) is 13.2 Å². The van der Waals surface area contributed by atoms with Crippen molar-refractivity contribution >= 4 is 17.9 Å². The van der Waals surface area contributed by atoms with Gasteiger partial charge in [0.05, 0.1) is 0 Å². The highest BCUT2D eigenvalue weighted by molar-refractivity contribution is 5.71. The highest BCUT2D eigenvalue weighted by Gasteiger charge is 2.19. The van der Waals surface area contributed by atoms with Gasteiger partial charge < -0.3 is 14.2 Å². The van der Waals surface area contributed by atoms with E-state index in [1.54, 1.807) is 0 Å². The molecule has 0 aromatic rings. The lowest BCUT2D eigenvalue weighted by molar-refractivity contribution is -0.167. The van der Waals surface area contributed by atoms with Crippen LogP contribution in [-0.4, -0.2) is 37.2 Å². The zero-order chi connectivity index (χ0) is 54.3. The Morgan fingerprint density at radius 2 is 0.520 bits per heavy atom. The SMILES string of the molecule is CC/C=C\C/C=C\C/C=C\C/C=C\C/C=C\CCCCCCCCCCCC(=O)OCC(COC(=O)CCCCCCC/C=C\C/C=C\CCCCC)OC(=O)CCCCCCCCC/C=C\CCCCCCCC. The minimum atomic E-state index is -0.790. The van der Waals surface area contributed by atoms with E-state index in [-0.39, 0.29) is 31.1 Å². The van der Waals surface area contributed by atoms with Crippen LogP contribution in [0.3, 0.4) is 0 Å². The fourth-order valence-electron chi connectivity index (χ4n) is 8.79. The molecule has 0 radical (unpaired) electrons. The first-order valence-corrected chi connectivity index (χ1v) is 31.7. The van der Waals surface area contributed by atoms with Crippen molar-refractivity contribution in [3.05, 3.63) is 97.2 Å². The van der Waals surface area contributed by atoms with Crippen molar-refractivity contribution in [1.29, 1.82) is 0 Å². The number of hydrogen-bond donors (Lipinski definition) is 0. The Bertz CT molecular complexity index is 1480. The summed E-state index contributed by atoms with van der Waals surface area (Å²) in [6.07, 6.45) is 84.0. The molecule has 6 nitrogen and oxygen atoms in total. The van der Waals surface area contributed by atoms with Crippen LogP contribution in [-0.2, 0) is 28.6 Å². The van der Waals surface area contributed by atoms with Crippen LogP contribution in [0.25, 0.3) is 0 Å². The lowest BCUT2D eigenvalue weighted by Crippen LogP contribution is -2.30. The van der Waals surface area contributed by atoms with E-state index in [0.29, 0.717) is 19.3 Å². The van der Waals surface area contributed by atoms with Crippen molar-refractivity contribution in [1.82, 2.24) is 0 Å². The largest absolute Gasteiger partial charge is 0.462 e. The summed E-state index contributed by atoms with van der Waals surface area (Å²) in [6, 6.07) is 0. The Kier molecular flexibility index (Phi) is 59.8. The zero-order valence-electron chi connectivity index (χ0n) is 49.3. The number of hydrogen-bond acceptors (Lipinski definition) is 6. The van der Waals surface area contributed by atoms with Crippen LogP contribution < -0.4 is 0 Å². The topological polar surface area (TPSA) is 78.9 Å². The molecule has 1 atom stereocenters. The lowest BCUT2D eigenvalue weighted by atomic mass is 10.1. The van der Waals surface area contributed by atoms with Crippen molar-refractivity contribution in [2.75, 3.05) is 13.2 Å². The minimum absolute atomic E-state index is 0.0864. The first-order chi connectivity index (χ1) is 37.0. The van der Waals surface area contributed by atoms with Gasteiger partial charge in [0.2, 0.25) is 0 Å². The first-order valence-electron chi connectivity index (χ1n) is 31.7. The Morgan fingerprint density at radius 1 is 0.280 bits per heavy atom. The average Bonchev–Trinajstić information content (AvgIpc) is 3.41. The van der Waals surface area contributed by atoms with Crippen LogP contribution in [0.15, 0.2) is 97.2 Å². The molecule has 0 aromatic carbocycles. The molecule has 0 rings (SSSR count). The second-order valence-corrected chi connectivity index (χ2v) is 20.9. The van der Waals surface area contributed by atoms with E-state index in [1.807, 2.05) is 0 Å². The minimum Gasteiger partial charge on any atom is -0.462 e. The fourth-order valence-corrected chi connectivity index (χ4v) is 8.79. The predicted octanol–water partition coefficient (Wildman–Crippen LogP) is 21.7. The van der Waals surface area contributed by atoms with Crippen molar-refractivity contribution in [3.8, 4) is 0 Å². The molecule has 1 unspecified atom stereocenters. The van der Waals surface area contributed by atoms with Crippen LogP contribution >= 0.6 is 0 Å². The van der Waals surface area contributed by atoms with Gasteiger partial charge in [-0.05, 0) is 122 Å². The first kappa shape index (κ1) is 71.3. The molecule has 6 heteroatoms. The third kappa shape index (κ3) is 61.1. The monoisotopic (exact) mass is 1040 g/mol. The maximum Gasteiger partial charge on any atom is 0.306 e. The van der Waals surface area contributed by atoms with E-state index in [2.05, 4.69) is 118 Å². The van der Waals surface area contributed by atoms with Gasteiger partial charge in [-0.3, -0.25) is 14.4 Å². The number of ether oxygens (including phenoxy) is 3. The summed E-state index contributed by atoms with van der Waals surface area (Å²) in [5.74, 6) is -0.901. The Labute approximate surface area is 464 Å². The fraction of sp³-hybridized carbons (Fsp3) is 0.725. The van der Waals surface area contributed by atoms with E-state index in [1.165, 1.54) is 148 Å². The van der Waals surface area contributed by atoms with Gasteiger partial charge in [-0.25, -0.2) is 0 Å². The van der Waals surface area contributed by atoms with Crippen molar-refractivity contribution in [2.45, 2.75) is 309 Å². The van der Waals surface area contributed by atoms with Gasteiger partial charge in [0.15, 0.2) is 6.10 Å². The number of carbonyl (C=O) groups excluding carboxylic acids is 3. The second kappa shape index (κ2) is 62.9. The highest BCUT2D eigenvalue weighted by Crippen LogP contribution is 2.15. The molecular formula is C69H118O6. The molecule has 75 heavy (non-hydrogen) atoms. The Morgan fingerprint density at radius 3 is 0.853 bits per heavy atom. The Balaban J connectivity index is 4.37. The molecule has 430 valence electrons. The summed E-state index contributed by atoms with van der Waals surface area (Å²) in [6.45, 7) is 6.50. The highest BCUT2D eigenvalue weighted by atomic mass is 16.6. The molecule has 0 fully saturated rings. The smallest absolute Gasteiger partial charge is 0.306 e. The summed E-state index contributed by atoms with van der Waals surface area (Å²) in [5.41, 5.74) is 0. The number of unbranched alkanes of at least 4 members (excludes halogenated alkanes) is 30. The standard InChI is InChI=1S/C69H118O6/c1-4-7-10-13-16-19-22-25-28-30-31-32-33-34-35-36-37-39-41-44-47-50-53-56-59-62-68(71)74-65-66(64-73-67(70)61-58-55-52-49-46-43-40-27-24-21-18-15-12-9-6-3)75-69(72)63-60-57-54-51-48-45-42-38-29-26-23-20-17-14-11-8-5-2/h7,10,16,18-19,21,25-29,31-32,34-35,40,66H,4-6,8-9,11-15,17,20,22-24,30,33,36-39,41-65H2,1-3H3/b10-7-,19-16-,21-18-,28-25-,29-26-,32-31-,35-34-,40-27-. The van der Waals surface area contributed by atoms with E-state index >= 15 is 0 Å². The van der Waals surface area contributed by atoms with Gasteiger partial charge in [-0.2, -0.15) is 0 Å². The normalized spacial score (nSPS) is 12.7. The number of carbonyl (C=O) groups is 3. The summed E-state index contributed by atoms with van der Waals surface area (Å²) in [5, 5.41) is 0. The third-order valence-electron chi connectivity index (χ3n) is 13.5. The quantitative estimate of drug-likeness (QED) is 0.0261. The van der Waals surface area contributed by atoms with Gasteiger partial charge in [0, 0.05) is 19.3 Å². The average molecular weight is 1040 g/mol. The molecule has 0 spiro atoms. The second-order valence-electron chi connectivity index (χ2n) is 20.9. The van der Waals surface area contributed by atoms with E-state index in [4.69, 9.17) is 14.2 Å². The molecule has 0 N–H and O–H groups in total. The van der Waals surface area contributed by atoms with Gasteiger partial charge >= 0.3 is 17.9 Å². The molecule has 0 saturated carbocycles. The van der Waals surface area contributed by atoms with Gasteiger partial charge in [0.25, 0.3) is 0 Å². The maximum absolute atomic E-state index is 12.9. The molecule has 0 aromatic heterocycles. The third-order valence-corrected chi connectivity index (χ3v) is 13.5. The van der Waals surface area contributed by atoms with Gasteiger partial charge in [-0.1, -0.05) is 259 Å². The molecular weight excluding hydrogens is 925 g/mol. The number of rotatable bonds is 57. The predicted molar refractivity (Wildman–Crippen MR) is 325 cm³/mol. The molecule has 0 aliphatic heterocycles.